The van der Waals surface area contributed by atoms with E-state index in [1.165, 1.54) is 18.4 Å². The van der Waals surface area contributed by atoms with Crippen molar-refractivity contribution in [2.45, 2.75) is 45.7 Å². The van der Waals surface area contributed by atoms with Crippen LogP contribution in [0.15, 0.2) is 35.1 Å². The summed E-state index contributed by atoms with van der Waals surface area (Å²) in [5.74, 6) is 0.212. The van der Waals surface area contributed by atoms with Crippen LogP contribution in [-0.4, -0.2) is 64.4 Å². The first-order chi connectivity index (χ1) is 16.4. The summed E-state index contributed by atoms with van der Waals surface area (Å²) < 4.78 is 4.84. The molecule has 0 radical (unpaired) electrons. The standard InChI is InChI=1S/C25H30N4O4S/c1-4-12-29(18-10-13-28(14-11-18)24(31)17-8-6-5-7-9-17)15-19-26-22(30)20-16(2)21(25(32)33-3)34-23(20)27-19/h5-9,18H,4,10-15H2,1-3H3,(H,26,27,30). The molecule has 1 aliphatic rings. The topological polar surface area (TPSA) is 95.6 Å². The molecule has 1 fully saturated rings. The summed E-state index contributed by atoms with van der Waals surface area (Å²) in [5, 5.41) is 0.448. The number of piperidine rings is 1. The Kier molecular flexibility index (Phi) is 7.43. The Labute approximate surface area is 202 Å². The molecule has 2 aromatic heterocycles. The second kappa shape index (κ2) is 10.5. The Balaban J connectivity index is 1.49. The molecule has 3 aromatic rings. The zero-order valence-corrected chi connectivity index (χ0v) is 20.6. The highest BCUT2D eigenvalue weighted by atomic mass is 32.1. The molecule has 34 heavy (non-hydrogen) atoms. The second-order valence-electron chi connectivity index (χ2n) is 8.60. The molecule has 0 unspecified atom stereocenters. The van der Waals surface area contributed by atoms with Gasteiger partial charge in [-0.25, -0.2) is 9.78 Å². The van der Waals surface area contributed by atoms with E-state index in [9.17, 15) is 14.4 Å². The number of aromatic amines is 1. The number of methoxy groups -OCH3 is 1. The monoisotopic (exact) mass is 482 g/mol. The van der Waals surface area contributed by atoms with Gasteiger partial charge in [-0.1, -0.05) is 25.1 Å². The maximum absolute atomic E-state index is 12.8. The van der Waals surface area contributed by atoms with Gasteiger partial charge >= 0.3 is 5.97 Å². The fraction of sp³-hybridized carbons (Fsp3) is 0.440. The van der Waals surface area contributed by atoms with Gasteiger partial charge in [0.2, 0.25) is 0 Å². The number of H-pyrrole nitrogens is 1. The molecule has 0 atom stereocenters. The number of likely N-dealkylation sites (tertiary alicyclic amines) is 1. The van der Waals surface area contributed by atoms with Gasteiger partial charge in [0, 0.05) is 24.7 Å². The number of aromatic nitrogens is 2. The Hall–Kier alpha value is -3.04. The fourth-order valence-corrected chi connectivity index (χ4v) is 5.74. The van der Waals surface area contributed by atoms with Crippen LogP contribution in [0, 0.1) is 6.92 Å². The number of hydrogen-bond acceptors (Lipinski definition) is 7. The van der Waals surface area contributed by atoms with Crippen molar-refractivity contribution in [1.82, 2.24) is 19.8 Å². The summed E-state index contributed by atoms with van der Waals surface area (Å²) >= 11 is 1.19. The molecule has 1 saturated heterocycles. The van der Waals surface area contributed by atoms with Gasteiger partial charge in [0.1, 0.15) is 15.5 Å². The SMILES string of the molecule is CCCN(Cc1nc2sc(C(=O)OC)c(C)c2c(=O)[nH]1)C1CCN(C(=O)c2ccccc2)CC1. The minimum Gasteiger partial charge on any atom is -0.465 e. The number of nitrogens with zero attached hydrogens (tertiary/aromatic N) is 3. The number of hydrogen-bond donors (Lipinski definition) is 1. The van der Waals surface area contributed by atoms with Crippen LogP contribution in [0.2, 0.25) is 0 Å². The molecule has 9 heteroatoms. The number of thiophene rings is 1. The first-order valence-corrected chi connectivity index (χ1v) is 12.4. The lowest BCUT2D eigenvalue weighted by Gasteiger charge is -2.38. The molecule has 0 aliphatic carbocycles. The number of amides is 1. The van der Waals surface area contributed by atoms with Crippen LogP contribution in [-0.2, 0) is 11.3 Å². The molecule has 8 nitrogen and oxygen atoms in total. The van der Waals surface area contributed by atoms with Crippen LogP contribution < -0.4 is 5.56 Å². The quantitative estimate of drug-likeness (QED) is 0.517. The Morgan fingerprint density at radius 3 is 2.59 bits per heavy atom. The average molecular weight is 483 g/mol. The van der Waals surface area contributed by atoms with E-state index in [-0.39, 0.29) is 11.5 Å². The van der Waals surface area contributed by atoms with Crippen LogP contribution in [0.4, 0.5) is 0 Å². The van der Waals surface area contributed by atoms with Gasteiger partial charge in [0.05, 0.1) is 19.0 Å². The van der Waals surface area contributed by atoms with E-state index in [1.807, 2.05) is 35.2 Å². The molecular weight excluding hydrogens is 452 g/mol. The summed E-state index contributed by atoms with van der Waals surface area (Å²) in [6, 6.07) is 9.70. The van der Waals surface area contributed by atoms with Crippen molar-refractivity contribution in [3.05, 3.63) is 62.5 Å². The zero-order chi connectivity index (χ0) is 24.2. The normalized spacial score (nSPS) is 14.6. The van der Waals surface area contributed by atoms with E-state index >= 15 is 0 Å². The van der Waals surface area contributed by atoms with E-state index in [1.54, 1.807) is 6.92 Å². The zero-order valence-electron chi connectivity index (χ0n) is 19.8. The number of ether oxygens (including phenoxy) is 1. The summed E-state index contributed by atoms with van der Waals surface area (Å²) in [6.45, 7) is 6.67. The number of benzene rings is 1. The smallest absolute Gasteiger partial charge is 0.348 e. The van der Waals surface area contributed by atoms with E-state index in [0.29, 0.717) is 52.2 Å². The molecule has 0 spiro atoms. The number of nitrogens with one attached hydrogen (secondary N) is 1. The first-order valence-electron chi connectivity index (χ1n) is 11.6. The van der Waals surface area contributed by atoms with Crippen molar-refractivity contribution in [3.63, 3.8) is 0 Å². The lowest BCUT2D eigenvalue weighted by Crippen LogP contribution is -2.47. The van der Waals surface area contributed by atoms with Gasteiger partial charge in [-0.3, -0.25) is 14.5 Å². The Morgan fingerprint density at radius 2 is 1.94 bits per heavy atom. The van der Waals surface area contributed by atoms with Crippen molar-refractivity contribution >= 4 is 33.4 Å². The van der Waals surface area contributed by atoms with E-state index < -0.39 is 5.97 Å². The summed E-state index contributed by atoms with van der Waals surface area (Å²) in [6.07, 6.45) is 2.71. The third-order valence-electron chi connectivity index (χ3n) is 6.37. The minimum absolute atomic E-state index is 0.0759. The highest BCUT2D eigenvalue weighted by Crippen LogP contribution is 2.28. The van der Waals surface area contributed by atoms with E-state index in [4.69, 9.17) is 4.74 Å². The fourth-order valence-electron chi connectivity index (χ4n) is 4.62. The summed E-state index contributed by atoms with van der Waals surface area (Å²) in [4.78, 5) is 50.5. The van der Waals surface area contributed by atoms with Crippen molar-refractivity contribution in [2.75, 3.05) is 26.7 Å². The number of esters is 1. The van der Waals surface area contributed by atoms with Crippen LogP contribution >= 0.6 is 11.3 Å². The van der Waals surface area contributed by atoms with Gasteiger partial charge in [0.15, 0.2) is 0 Å². The average Bonchev–Trinajstić information content (AvgIpc) is 3.20. The molecular formula is C25H30N4O4S. The minimum atomic E-state index is -0.453. The van der Waals surface area contributed by atoms with Crippen LogP contribution in [0.1, 0.15) is 57.6 Å². The molecule has 4 rings (SSSR count). The van der Waals surface area contributed by atoms with Crippen molar-refractivity contribution in [3.8, 4) is 0 Å². The molecule has 180 valence electrons. The van der Waals surface area contributed by atoms with Crippen molar-refractivity contribution < 1.29 is 14.3 Å². The number of fused-ring (bicyclic) bond motifs is 1. The van der Waals surface area contributed by atoms with Crippen LogP contribution in [0.3, 0.4) is 0 Å². The lowest BCUT2D eigenvalue weighted by atomic mass is 10.0. The Morgan fingerprint density at radius 1 is 1.24 bits per heavy atom. The van der Waals surface area contributed by atoms with Gasteiger partial charge < -0.3 is 14.6 Å². The predicted octanol–water partition coefficient (Wildman–Crippen LogP) is 3.60. The summed E-state index contributed by atoms with van der Waals surface area (Å²) in [7, 11) is 1.33. The molecule has 1 amide bonds. The molecule has 3 heterocycles. The molecule has 1 aliphatic heterocycles. The maximum atomic E-state index is 12.8. The Bertz CT molecular complexity index is 1230. The highest BCUT2D eigenvalue weighted by molar-refractivity contribution is 7.20. The molecule has 0 bridgehead atoms. The largest absolute Gasteiger partial charge is 0.465 e. The maximum Gasteiger partial charge on any atom is 0.348 e. The van der Waals surface area contributed by atoms with Crippen LogP contribution in [0.5, 0.6) is 0 Å². The van der Waals surface area contributed by atoms with Crippen molar-refractivity contribution in [2.24, 2.45) is 0 Å². The van der Waals surface area contributed by atoms with Gasteiger partial charge in [-0.05, 0) is 50.4 Å². The predicted molar refractivity (Wildman–Crippen MR) is 132 cm³/mol. The molecule has 1 N–H and O–H groups in total. The van der Waals surface area contributed by atoms with Gasteiger partial charge in [0.25, 0.3) is 11.5 Å². The van der Waals surface area contributed by atoms with Crippen molar-refractivity contribution in [1.29, 1.82) is 0 Å². The summed E-state index contributed by atoms with van der Waals surface area (Å²) in [5.41, 5.74) is 1.09. The van der Waals surface area contributed by atoms with E-state index in [2.05, 4.69) is 21.8 Å². The van der Waals surface area contributed by atoms with E-state index in [0.717, 1.165) is 31.4 Å². The van der Waals surface area contributed by atoms with Gasteiger partial charge in [-0.15, -0.1) is 11.3 Å². The number of carbonyl (C=O) groups is 2. The highest BCUT2D eigenvalue weighted by Gasteiger charge is 2.28. The number of carbonyl (C=O) groups excluding carboxylic acids is 2. The molecule has 0 saturated carbocycles. The molecule has 1 aromatic carbocycles. The number of rotatable bonds is 7. The van der Waals surface area contributed by atoms with Crippen LogP contribution in [0.25, 0.3) is 10.2 Å². The first kappa shape index (κ1) is 24.1. The third-order valence-corrected chi connectivity index (χ3v) is 7.54. The second-order valence-corrected chi connectivity index (χ2v) is 9.60. The lowest BCUT2D eigenvalue weighted by molar-refractivity contribution is 0.0597. The van der Waals surface area contributed by atoms with Gasteiger partial charge in [-0.2, -0.15) is 0 Å². The third kappa shape index (κ3) is 4.90. The number of aryl methyl sites for hydroxylation is 1.